The number of hydrogen-bond acceptors (Lipinski definition) is 4. The predicted molar refractivity (Wildman–Crippen MR) is 85.1 cm³/mol. The van der Waals surface area contributed by atoms with Crippen LogP contribution < -0.4 is 0 Å². The molecule has 0 spiro atoms. The van der Waals surface area contributed by atoms with Crippen LogP contribution in [0.1, 0.15) is 11.3 Å². The zero-order valence-corrected chi connectivity index (χ0v) is 13.0. The van der Waals surface area contributed by atoms with Crippen molar-refractivity contribution in [3.8, 4) is 0 Å². The lowest BCUT2D eigenvalue weighted by molar-refractivity contribution is 0.276. The molecule has 2 heterocycles. The quantitative estimate of drug-likeness (QED) is 0.743. The molecule has 0 aliphatic heterocycles. The van der Waals surface area contributed by atoms with Crippen molar-refractivity contribution in [3.05, 3.63) is 64.9 Å². The van der Waals surface area contributed by atoms with E-state index in [2.05, 4.69) is 4.98 Å². The maximum atomic E-state index is 12.7. The number of benzene rings is 1. The summed E-state index contributed by atoms with van der Waals surface area (Å²) in [5, 5.41) is 9.74. The van der Waals surface area contributed by atoms with E-state index in [-0.39, 0.29) is 16.6 Å². The van der Waals surface area contributed by atoms with Crippen molar-refractivity contribution in [1.82, 2.24) is 8.96 Å². The number of fused-ring (bicyclic) bond motifs is 1. The molecule has 0 radical (unpaired) electrons. The number of aromatic nitrogens is 2. The van der Waals surface area contributed by atoms with Gasteiger partial charge in [-0.15, -0.1) is 0 Å². The molecule has 7 heteroatoms. The van der Waals surface area contributed by atoms with Gasteiger partial charge in [0.25, 0.3) is 0 Å². The van der Waals surface area contributed by atoms with Crippen LogP contribution in [0.25, 0.3) is 11.0 Å². The first-order valence-corrected chi connectivity index (χ1v) is 8.55. The van der Waals surface area contributed by atoms with Gasteiger partial charge in [-0.2, -0.15) is 0 Å². The van der Waals surface area contributed by atoms with Crippen LogP contribution in [0.5, 0.6) is 0 Å². The summed E-state index contributed by atoms with van der Waals surface area (Å²) >= 11 is 5.84. The Bertz CT molecular complexity index is 921. The highest BCUT2D eigenvalue weighted by Crippen LogP contribution is 2.24. The molecule has 3 aromatic rings. The summed E-state index contributed by atoms with van der Waals surface area (Å²) in [5.41, 5.74) is 1.79. The van der Waals surface area contributed by atoms with Crippen LogP contribution in [-0.2, 0) is 22.4 Å². The second-order valence-corrected chi connectivity index (χ2v) is 7.04. The topological polar surface area (TPSA) is 72.2 Å². The van der Waals surface area contributed by atoms with Gasteiger partial charge in [0.05, 0.1) is 29.1 Å². The van der Waals surface area contributed by atoms with E-state index in [0.717, 1.165) is 3.97 Å². The van der Waals surface area contributed by atoms with E-state index in [0.29, 0.717) is 16.6 Å². The van der Waals surface area contributed by atoms with Gasteiger partial charge in [0, 0.05) is 0 Å². The molecule has 0 atom stereocenters. The molecule has 0 fully saturated rings. The van der Waals surface area contributed by atoms with Crippen LogP contribution in [0.2, 0.25) is 5.15 Å². The molecule has 0 saturated carbocycles. The molecule has 1 aromatic carbocycles. The van der Waals surface area contributed by atoms with Crippen LogP contribution in [0.3, 0.4) is 0 Å². The number of pyridine rings is 1. The maximum absolute atomic E-state index is 12.7. The first-order valence-electron chi connectivity index (χ1n) is 6.56. The van der Waals surface area contributed by atoms with E-state index < -0.39 is 16.6 Å². The molecule has 3 rings (SSSR count). The van der Waals surface area contributed by atoms with Gasteiger partial charge in [0.1, 0.15) is 5.15 Å². The smallest absolute Gasteiger partial charge is 0.243 e. The lowest BCUT2D eigenvalue weighted by atomic mass is 10.2. The average molecular weight is 337 g/mol. The summed E-state index contributed by atoms with van der Waals surface area (Å²) in [6.45, 7) is -0.401. The number of halogens is 1. The Kier molecular flexibility index (Phi) is 3.90. The number of hydrogen-bond donors (Lipinski definition) is 1. The SMILES string of the molecule is O=S(=O)(Cc1ccccc1)n1c(CO)cc2nc(Cl)ccc21. The largest absolute Gasteiger partial charge is 0.390 e. The Balaban J connectivity index is 2.15. The standard InChI is InChI=1S/C15H13ClN2O3S/c16-15-7-6-14-13(17-15)8-12(9-19)18(14)22(20,21)10-11-4-2-1-3-5-11/h1-8,19H,9-10H2. The number of nitrogens with zero attached hydrogens (tertiary/aromatic N) is 2. The van der Waals surface area contributed by atoms with E-state index in [1.807, 2.05) is 6.07 Å². The fourth-order valence-corrected chi connectivity index (χ4v) is 4.20. The molecule has 0 aliphatic carbocycles. The van der Waals surface area contributed by atoms with Gasteiger partial charge in [0.2, 0.25) is 10.0 Å². The summed E-state index contributed by atoms with van der Waals surface area (Å²) in [5.74, 6) is -0.159. The Morgan fingerprint density at radius 3 is 2.55 bits per heavy atom. The van der Waals surface area contributed by atoms with E-state index in [4.69, 9.17) is 11.6 Å². The van der Waals surface area contributed by atoms with E-state index in [1.54, 1.807) is 30.3 Å². The van der Waals surface area contributed by atoms with Crippen molar-refractivity contribution in [2.75, 3.05) is 0 Å². The molecule has 0 unspecified atom stereocenters. The van der Waals surface area contributed by atoms with Crippen molar-refractivity contribution in [2.45, 2.75) is 12.4 Å². The fraction of sp³-hybridized carbons (Fsp3) is 0.133. The van der Waals surface area contributed by atoms with E-state index in [9.17, 15) is 13.5 Å². The summed E-state index contributed by atoms with van der Waals surface area (Å²) < 4.78 is 26.6. The highest BCUT2D eigenvalue weighted by atomic mass is 35.5. The van der Waals surface area contributed by atoms with Crippen LogP contribution in [0.4, 0.5) is 0 Å². The van der Waals surface area contributed by atoms with Crippen molar-refractivity contribution in [2.24, 2.45) is 0 Å². The minimum absolute atomic E-state index is 0.159. The highest BCUT2D eigenvalue weighted by molar-refractivity contribution is 7.89. The summed E-state index contributed by atoms with van der Waals surface area (Å²) in [6, 6.07) is 13.5. The Morgan fingerprint density at radius 2 is 1.86 bits per heavy atom. The third-order valence-corrected chi connectivity index (χ3v) is 5.18. The van der Waals surface area contributed by atoms with Gasteiger partial charge < -0.3 is 5.11 Å². The van der Waals surface area contributed by atoms with Crippen molar-refractivity contribution >= 4 is 32.7 Å². The number of aliphatic hydroxyl groups excluding tert-OH is 1. The number of aliphatic hydroxyl groups is 1. The normalized spacial score (nSPS) is 11.9. The Hall–Kier alpha value is -1.89. The predicted octanol–water partition coefficient (Wildman–Crippen LogP) is 2.56. The molecule has 114 valence electrons. The van der Waals surface area contributed by atoms with Crippen molar-refractivity contribution in [1.29, 1.82) is 0 Å². The van der Waals surface area contributed by atoms with E-state index in [1.165, 1.54) is 12.1 Å². The van der Waals surface area contributed by atoms with Crippen LogP contribution in [-0.4, -0.2) is 22.5 Å². The summed E-state index contributed by atoms with van der Waals surface area (Å²) in [4.78, 5) is 4.09. The van der Waals surface area contributed by atoms with Gasteiger partial charge in [-0.1, -0.05) is 41.9 Å². The van der Waals surface area contributed by atoms with Crippen LogP contribution >= 0.6 is 11.6 Å². The zero-order valence-electron chi connectivity index (χ0n) is 11.5. The first-order chi connectivity index (χ1) is 10.5. The van der Waals surface area contributed by atoms with Gasteiger partial charge >= 0.3 is 0 Å². The highest BCUT2D eigenvalue weighted by Gasteiger charge is 2.21. The second kappa shape index (κ2) is 5.72. The van der Waals surface area contributed by atoms with Crippen LogP contribution in [0.15, 0.2) is 48.5 Å². The van der Waals surface area contributed by atoms with Gasteiger partial charge in [-0.3, -0.25) is 0 Å². The lowest BCUT2D eigenvalue weighted by Crippen LogP contribution is -2.17. The Labute approximate surface area is 132 Å². The molecule has 0 saturated heterocycles. The summed E-state index contributed by atoms with van der Waals surface area (Å²) in [6.07, 6.45) is 0. The third kappa shape index (κ3) is 2.72. The molecule has 2 aromatic heterocycles. The molecular formula is C15H13ClN2O3S. The van der Waals surface area contributed by atoms with Crippen molar-refractivity contribution in [3.63, 3.8) is 0 Å². The fourth-order valence-electron chi connectivity index (χ4n) is 2.38. The van der Waals surface area contributed by atoms with Gasteiger partial charge in [-0.05, 0) is 23.8 Å². The maximum Gasteiger partial charge on any atom is 0.243 e. The average Bonchev–Trinajstić information content (AvgIpc) is 2.86. The lowest BCUT2D eigenvalue weighted by Gasteiger charge is -2.10. The second-order valence-electron chi connectivity index (χ2n) is 4.84. The molecule has 5 nitrogen and oxygen atoms in total. The molecule has 1 N–H and O–H groups in total. The first kappa shape index (κ1) is 15.0. The van der Waals surface area contributed by atoms with E-state index >= 15 is 0 Å². The Morgan fingerprint density at radius 1 is 1.14 bits per heavy atom. The minimum atomic E-state index is -3.68. The molecule has 0 bridgehead atoms. The molecule has 22 heavy (non-hydrogen) atoms. The molecule has 0 amide bonds. The molecular weight excluding hydrogens is 324 g/mol. The van der Waals surface area contributed by atoms with Crippen LogP contribution in [0, 0.1) is 0 Å². The third-order valence-electron chi connectivity index (χ3n) is 3.28. The van der Waals surface area contributed by atoms with Gasteiger partial charge in [0.15, 0.2) is 0 Å². The zero-order chi connectivity index (χ0) is 15.7. The van der Waals surface area contributed by atoms with Crippen molar-refractivity contribution < 1.29 is 13.5 Å². The summed E-state index contributed by atoms with van der Waals surface area (Å²) in [7, 11) is -3.68. The monoisotopic (exact) mass is 336 g/mol. The molecule has 0 aliphatic rings. The van der Waals surface area contributed by atoms with Gasteiger partial charge in [-0.25, -0.2) is 17.4 Å². The minimum Gasteiger partial charge on any atom is -0.390 e. The number of rotatable bonds is 4.